The average Bonchev–Trinajstić information content (AvgIpc) is 3.06. The maximum absolute atomic E-state index is 13.0. The topological polar surface area (TPSA) is 46.8 Å². The monoisotopic (exact) mass is 323 g/mol. The minimum Gasteiger partial charge on any atom is -0.497 e. The molecule has 24 heavy (non-hydrogen) atoms. The zero-order valence-corrected chi connectivity index (χ0v) is 14.1. The highest BCUT2D eigenvalue weighted by Crippen LogP contribution is 2.26. The fourth-order valence-electron chi connectivity index (χ4n) is 2.97. The number of benzene rings is 1. The van der Waals surface area contributed by atoms with Crippen molar-refractivity contribution < 1.29 is 9.53 Å². The van der Waals surface area contributed by atoms with Crippen LogP contribution < -0.4 is 4.74 Å². The second-order valence-electron chi connectivity index (χ2n) is 5.69. The van der Waals surface area contributed by atoms with E-state index in [-0.39, 0.29) is 11.9 Å². The van der Waals surface area contributed by atoms with Crippen LogP contribution in [0, 0.1) is 0 Å². The van der Waals surface area contributed by atoms with Crippen LogP contribution in [0.15, 0.2) is 54.9 Å². The number of hydrogen-bond acceptors (Lipinski definition) is 3. The molecule has 0 spiro atoms. The smallest absolute Gasteiger partial charge is 0.272 e. The Morgan fingerprint density at radius 1 is 1.25 bits per heavy atom. The fraction of sp³-hybridized carbons (Fsp3) is 0.263. The lowest BCUT2D eigenvalue weighted by Crippen LogP contribution is -2.31. The molecule has 0 aliphatic rings. The van der Waals surface area contributed by atoms with Crippen LogP contribution in [0.1, 0.15) is 35.4 Å². The molecule has 1 atom stereocenters. The number of pyridine rings is 1. The first kappa shape index (κ1) is 16.1. The van der Waals surface area contributed by atoms with Crippen molar-refractivity contribution in [2.24, 2.45) is 0 Å². The molecule has 0 aliphatic carbocycles. The second-order valence-corrected chi connectivity index (χ2v) is 5.69. The number of hydrogen-bond donors (Lipinski definition) is 0. The summed E-state index contributed by atoms with van der Waals surface area (Å²) in [7, 11) is 3.48. The maximum atomic E-state index is 13.0. The molecule has 0 bridgehead atoms. The number of amides is 1. The standard InChI is InChI=1S/C19H21N3O2/c1-4-16(14-8-10-15(24-3)11-9-14)21(2)19(23)17-13-20-18-7-5-6-12-22(17)18/h5-13,16H,4H2,1-3H3/t16-/m0/s1. The van der Waals surface area contributed by atoms with E-state index in [0.29, 0.717) is 5.69 Å². The molecule has 0 fully saturated rings. The van der Waals surface area contributed by atoms with Crippen molar-refractivity contribution in [2.75, 3.05) is 14.2 Å². The van der Waals surface area contributed by atoms with E-state index >= 15 is 0 Å². The summed E-state index contributed by atoms with van der Waals surface area (Å²) in [5, 5.41) is 0. The predicted molar refractivity (Wildman–Crippen MR) is 93.3 cm³/mol. The summed E-state index contributed by atoms with van der Waals surface area (Å²) in [6.45, 7) is 2.08. The summed E-state index contributed by atoms with van der Waals surface area (Å²) in [5.41, 5.74) is 2.43. The van der Waals surface area contributed by atoms with Crippen LogP contribution in [0.2, 0.25) is 0 Å². The first-order valence-corrected chi connectivity index (χ1v) is 7.99. The Kier molecular flexibility index (Phi) is 4.51. The highest BCUT2D eigenvalue weighted by molar-refractivity contribution is 5.93. The summed E-state index contributed by atoms with van der Waals surface area (Å²) >= 11 is 0. The molecule has 0 unspecified atom stereocenters. The van der Waals surface area contributed by atoms with Gasteiger partial charge in [-0.05, 0) is 36.2 Å². The minimum absolute atomic E-state index is 0.00216. The van der Waals surface area contributed by atoms with Crippen molar-refractivity contribution in [3.05, 3.63) is 66.1 Å². The highest BCUT2D eigenvalue weighted by Gasteiger charge is 2.23. The molecule has 3 aromatic rings. The van der Waals surface area contributed by atoms with Crippen LogP contribution in [0.3, 0.4) is 0 Å². The van der Waals surface area contributed by atoms with E-state index in [2.05, 4.69) is 11.9 Å². The van der Waals surface area contributed by atoms with Gasteiger partial charge >= 0.3 is 0 Å². The maximum Gasteiger partial charge on any atom is 0.272 e. The number of nitrogens with zero attached hydrogens (tertiary/aromatic N) is 3. The molecule has 2 aromatic heterocycles. The van der Waals surface area contributed by atoms with Gasteiger partial charge in [-0.25, -0.2) is 4.98 Å². The summed E-state index contributed by atoms with van der Waals surface area (Å²) in [6.07, 6.45) is 4.32. The Morgan fingerprint density at radius 3 is 2.67 bits per heavy atom. The van der Waals surface area contributed by atoms with Crippen LogP contribution in [-0.4, -0.2) is 34.3 Å². The highest BCUT2D eigenvalue weighted by atomic mass is 16.5. The van der Waals surface area contributed by atoms with Gasteiger partial charge < -0.3 is 9.64 Å². The zero-order chi connectivity index (χ0) is 17.1. The minimum atomic E-state index is -0.0450. The Labute approximate surface area is 141 Å². The van der Waals surface area contributed by atoms with Crippen LogP contribution in [0.4, 0.5) is 0 Å². The summed E-state index contributed by atoms with van der Waals surface area (Å²) in [5.74, 6) is 0.765. The largest absolute Gasteiger partial charge is 0.497 e. The van der Waals surface area contributed by atoms with Gasteiger partial charge in [-0.15, -0.1) is 0 Å². The quantitative estimate of drug-likeness (QED) is 0.721. The first-order chi connectivity index (χ1) is 11.7. The van der Waals surface area contributed by atoms with Gasteiger partial charge in [0.25, 0.3) is 5.91 Å². The van der Waals surface area contributed by atoms with E-state index < -0.39 is 0 Å². The molecular weight excluding hydrogens is 302 g/mol. The zero-order valence-electron chi connectivity index (χ0n) is 14.1. The van der Waals surface area contributed by atoms with E-state index in [1.54, 1.807) is 18.2 Å². The van der Waals surface area contributed by atoms with Gasteiger partial charge in [0.05, 0.1) is 19.3 Å². The SMILES string of the molecule is CC[C@@H](c1ccc(OC)cc1)N(C)C(=O)c1cnc2ccccn12. The van der Waals surface area contributed by atoms with Crippen molar-refractivity contribution in [1.29, 1.82) is 0 Å². The van der Waals surface area contributed by atoms with Crippen molar-refractivity contribution in [1.82, 2.24) is 14.3 Å². The van der Waals surface area contributed by atoms with Crippen molar-refractivity contribution in [3.63, 3.8) is 0 Å². The fourth-order valence-corrected chi connectivity index (χ4v) is 2.97. The molecular formula is C19H21N3O2. The summed E-state index contributed by atoms with van der Waals surface area (Å²) in [4.78, 5) is 19.0. The normalized spacial score (nSPS) is 12.1. The molecule has 124 valence electrons. The van der Waals surface area contributed by atoms with E-state index in [9.17, 15) is 4.79 Å². The molecule has 5 nitrogen and oxygen atoms in total. The third kappa shape index (κ3) is 2.85. The van der Waals surface area contributed by atoms with Gasteiger partial charge in [0.2, 0.25) is 0 Å². The van der Waals surface area contributed by atoms with Crippen molar-refractivity contribution in [3.8, 4) is 5.75 Å². The average molecular weight is 323 g/mol. The molecule has 0 saturated carbocycles. The molecule has 0 radical (unpaired) electrons. The van der Waals surface area contributed by atoms with Gasteiger partial charge in [-0.3, -0.25) is 9.20 Å². The van der Waals surface area contributed by atoms with Gasteiger partial charge in [0, 0.05) is 13.2 Å². The van der Waals surface area contributed by atoms with Gasteiger partial charge in [-0.2, -0.15) is 0 Å². The number of methoxy groups -OCH3 is 1. The van der Waals surface area contributed by atoms with Crippen molar-refractivity contribution in [2.45, 2.75) is 19.4 Å². The number of aromatic nitrogens is 2. The molecule has 5 heteroatoms. The Bertz CT molecular complexity index is 839. The van der Waals surface area contributed by atoms with Crippen LogP contribution >= 0.6 is 0 Å². The number of ether oxygens (including phenoxy) is 1. The number of carbonyl (C=O) groups is 1. The van der Waals surface area contributed by atoms with Gasteiger partial charge in [-0.1, -0.05) is 25.1 Å². The number of fused-ring (bicyclic) bond motifs is 1. The molecule has 2 heterocycles. The lowest BCUT2D eigenvalue weighted by atomic mass is 10.0. The van der Waals surface area contributed by atoms with Gasteiger partial charge in [0.15, 0.2) is 0 Å². The number of imidazole rings is 1. The predicted octanol–water partition coefficient (Wildman–Crippen LogP) is 3.57. The van der Waals surface area contributed by atoms with E-state index in [4.69, 9.17) is 4.74 Å². The van der Waals surface area contributed by atoms with Crippen molar-refractivity contribution >= 4 is 11.6 Å². The van der Waals surface area contributed by atoms with Crippen LogP contribution in [-0.2, 0) is 0 Å². The Morgan fingerprint density at radius 2 is 2.00 bits per heavy atom. The third-order valence-corrected chi connectivity index (χ3v) is 4.31. The molecule has 1 amide bonds. The summed E-state index contributed by atoms with van der Waals surface area (Å²) < 4.78 is 7.02. The van der Waals surface area contributed by atoms with E-state index in [1.165, 1.54) is 0 Å². The van der Waals surface area contributed by atoms with Crippen LogP contribution in [0.5, 0.6) is 5.75 Å². The lowest BCUT2D eigenvalue weighted by Gasteiger charge is -2.27. The molecule has 0 N–H and O–H groups in total. The van der Waals surface area contributed by atoms with E-state index in [1.807, 2.05) is 60.1 Å². The number of carbonyl (C=O) groups excluding carboxylic acids is 1. The third-order valence-electron chi connectivity index (χ3n) is 4.31. The molecule has 0 aliphatic heterocycles. The molecule has 0 saturated heterocycles. The molecule has 1 aromatic carbocycles. The number of rotatable bonds is 5. The molecule has 3 rings (SSSR count). The van der Waals surface area contributed by atoms with E-state index in [0.717, 1.165) is 23.4 Å². The second kappa shape index (κ2) is 6.74. The Hall–Kier alpha value is -2.82. The van der Waals surface area contributed by atoms with Crippen LogP contribution in [0.25, 0.3) is 5.65 Å². The Balaban J connectivity index is 1.90. The first-order valence-electron chi connectivity index (χ1n) is 7.99. The lowest BCUT2D eigenvalue weighted by molar-refractivity contribution is 0.0719. The summed E-state index contributed by atoms with van der Waals surface area (Å²) in [6, 6.07) is 13.5. The van der Waals surface area contributed by atoms with Gasteiger partial charge in [0.1, 0.15) is 17.1 Å².